The van der Waals surface area contributed by atoms with Crippen molar-refractivity contribution in [2.45, 2.75) is 20.3 Å². The molecule has 0 aliphatic rings. The molecule has 0 amide bonds. The lowest BCUT2D eigenvalue weighted by Gasteiger charge is -2.20. The van der Waals surface area contributed by atoms with Gasteiger partial charge in [-0.1, -0.05) is 42.0 Å². The Kier molecular flexibility index (Phi) is 5.43. The van der Waals surface area contributed by atoms with Crippen LogP contribution in [0.15, 0.2) is 48.5 Å². The molecule has 4 rings (SSSR count). The Morgan fingerprint density at radius 3 is 2.50 bits per heavy atom. The van der Waals surface area contributed by atoms with E-state index in [0.717, 1.165) is 53.1 Å². The van der Waals surface area contributed by atoms with Crippen molar-refractivity contribution in [2.24, 2.45) is 0 Å². The van der Waals surface area contributed by atoms with E-state index in [0.29, 0.717) is 5.56 Å². The number of nitriles is 1. The van der Waals surface area contributed by atoms with Gasteiger partial charge in [0.15, 0.2) is 5.65 Å². The third-order valence-electron chi connectivity index (χ3n) is 5.59. The van der Waals surface area contributed by atoms with E-state index in [-0.39, 0.29) is 0 Å². The molecule has 0 aliphatic heterocycles. The van der Waals surface area contributed by atoms with Crippen LogP contribution in [-0.4, -0.2) is 41.5 Å². The Hall–Kier alpha value is -3.36. The Labute approximate surface area is 177 Å². The number of nitrogens with zero attached hydrogens (tertiary/aromatic N) is 4. The molecule has 0 fully saturated rings. The van der Waals surface area contributed by atoms with E-state index < -0.39 is 0 Å². The molecule has 2 aromatic carbocycles. The van der Waals surface area contributed by atoms with E-state index in [1.165, 1.54) is 11.1 Å². The maximum Gasteiger partial charge on any atom is 0.157 e. The lowest BCUT2D eigenvalue weighted by Crippen LogP contribution is -2.22. The van der Waals surface area contributed by atoms with E-state index in [4.69, 9.17) is 4.98 Å². The van der Waals surface area contributed by atoms with Crippen molar-refractivity contribution >= 4 is 22.5 Å². The largest absolute Gasteiger partial charge is 0.370 e. The first kappa shape index (κ1) is 19.9. The lowest BCUT2D eigenvalue weighted by molar-refractivity contribution is 0.425. The molecule has 30 heavy (non-hydrogen) atoms. The second-order valence-corrected chi connectivity index (χ2v) is 8.09. The number of hydrogen-bond acceptors (Lipinski definition) is 4. The summed E-state index contributed by atoms with van der Waals surface area (Å²) in [5.41, 5.74) is 7.89. The number of benzene rings is 2. The fraction of sp³-hybridized carbons (Fsp3) is 0.280. The van der Waals surface area contributed by atoms with E-state index >= 15 is 0 Å². The molecule has 0 bridgehead atoms. The van der Waals surface area contributed by atoms with Crippen LogP contribution in [0.4, 0.5) is 5.82 Å². The summed E-state index contributed by atoms with van der Waals surface area (Å²) < 4.78 is 2.13. The van der Waals surface area contributed by atoms with Gasteiger partial charge in [0.05, 0.1) is 16.6 Å². The lowest BCUT2D eigenvalue weighted by atomic mass is 9.97. The highest BCUT2D eigenvalue weighted by Crippen LogP contribution is 2.32. The molecule has 0 saturated heterocycles. The highest BCUT2D eigenvalue weighted by atomic mass is 15.1. The Balaban J connectivity index is 1.97. The maximum atomic E-state index is 9.98. The highest BCUT2D eigenvalue weighted by molar-refractivity contribution is 5.86. The van der Waals surface area contributed by atoms with Gasteiger partial charge < -0.3 is 10.2 Å². The van der Waals surface area contributed by atoms with Gasteiger partial charge in [0.25, 0.3) is 0 Å². The van der Waals surface area contributed by atoms with Gasteiger partial charge in [-0.15, -0.1) is 0 Å². The summed E-state index contributed by atoms with van der Waals surface area (Å²) in [6, 6.07) is 19.1. The monoisotopic (exact) mass is 397 g/mol. The van der Waals surface area contributed by atoms with Crippen molar-refractivity contribution in [3.63, 3.8) is 0 Å². The summed E-state index contributed by atoms with van der Waals surface area (Å²) in [7, 11) is 4.14. The minimum atomic E-state index is 0.645. The van der Waals surface area contributed by atoms with Crippen molar-refractivity contribution in [1.82, 2.24) is 14.3 Å². The van der Waals surface area contributed by atoms with Crippen LogP contribution < -0.4 is 5.32 Å². The van der Waals surface area contributed by atoms with Crippen molar-refractivity contribution in [3.05, 3.63) is 76.3 Å². The number of aromatic nitrogens is 2. The number of imidazole rings is 1. The van der Waals surface area contributed by atoms with Crippen LogP contribution in [0.25, 0.3) is 16.7 Å². The van der Waals surface area contributed by atoms with Crippen molar-refractivity contribution in [1.29, 1.82) is 5.26 Å². The van der Waals surface area contributed by atoms with Gasteiger partial charge in [-0.25, -0.2) is 4.98 Å². The van der Waals surface area contributed by atoms with Gasteiger partial charge in [0.1, 0.15) is 11.9 Å². The molecule has 152 valence electrons. The highest BCUT2D eigenvalue weighted by Gasteiger charge is 2.20. The molecule has 2 heterocycles. The van der Waals surface area contributed by atoms with Crippen LogP contribution in [-0.2, 0) is 6.42 Å². The van der Waals surface area contributed by atoms with Crippen LogP contribution in [0.1, 0.15) is 27.8 Å². The predicted molar refractivity (Wildman–Crippen MR) is 123 cm³/mol. The summed E-state index contributed by atoms with van der Waals surface area (Å²) in [6.07, 6.45) is 0.757. The molecule has 5 heteroatoms. The number of para-hydroxylation sites is 2. The number of anilines is 1. The van der Waals surface area contributed by atoms with Crippen molar-refractivity contribution < 1.29 is 0 Å². The average Bonchev–Trinajstić information content (AvgIpc) is 3.10. The Morgan fingerprint density at radius 2 is 1.80 bits per heavy atom. The predicted octanol–water partition coefficient (Wildman–Crippen LogP) is 4.54. The summed E-state index contributed by atoms with van der Waals surface area (Å²) in [5.74, 6) is 1.03. The SMILES string of the molecule is Cc1ccc(Cc2c(C)c(C#N)c3nc4ccccc4n3c2NCCN(C)C)cc1. The van der Waals surface area contributed by atoms with Crippen LogP contribution in [0.3, 0.4) is 0 Å². The van der Waals surface area contributed by atoms with Crippen LogP contribution in [0.5, 0.6) is 0 Å². The second-order valence-electron chi connectivity index (χ2n) is 8.09. The standard InChI is InChI=1S/C25H27N5/c1-17-9-11-19(12-10-17)15-20-18(2)21(16-26)25-28-22-7-5-6-8-23(22)30(25)24(20)27-13-14-29(3)4/h5-12,27H,13-15H2,1-4H3. The first-order valence-corrected chi connectivity index (χ1v) is 10.3. The molecule has 1 N–H and O–H groups in total. The van der Waals surface area contributed by atoms with Crippen LogP contribution >= 0.6 is 0 Å². The van der Waals surface area contributed by atoms with Gasteiger partial charge in [-0.05, 0) is 51.2 Å². The number of pyridine rings is 1. The van der Waals surface area contributed by atoms with Crippen molar-refractivity contribution in [2.75, 3.05) is 32.5 Å². The summed E-state index contributed by atoms with van der Waals surface area (Å²) >= 11 is 0. The van der Waals surface area contributed by atoms with E-state index in [1.54, 1.807) is 0 Å². The quantitative estimate of drug-likeness (QED) is 0.519. The number of likely N-dealkylation sites (N-methyl/N-ethyl adjacent to an activating group) is 1. The van der Waals surface area contributed by atoms with E-state index in [2.05, 4.69) is 72.0 Å². The maximum absolute atomic E-state index is 9.98. The molecule has 0 saturated carbocycles. The first-order valence-electron chi connectivity index (χ1n) is 10.3. The third kappa shape index (κ3) is 3.62. The number of hydrogen-bond donors (Lipinski definition) is 1. The zero-order chi connectivity index (χ0) is 21.3. The minimum Gasteiger partial charge on any atom is -0.370 e. The summed E-state index contributed by atoms with van der Waals surface area (Å²) in [4.78, 5) is 6.96. The number of aryl methyl sites for hydroxylation is 1. The summed E-state index contributed by atoms with van der Waals surface area (Å²) in [5, 5.41) is 13.6. The number of nitrogens with one attached hydrogen (secondary N) is 1. The van der Waals surface area contributed by atoms with Gasteiger partial charge in [-0.2, -0.15) is 5.26 Å². The molecule has 5 nitrogen and oxygen atoms in total. The molecule has 0 atom stereocenters. The summed E-state index contributed by atoms with van der Waals surface area (Å²) in [6.45, 7) is 5.86. The van der Waals surface area contributed by atoms with E-state index in [1.807, 2.05) is 25.1 Å². The average molecular weight is 398 g/mol. The zero-order valence-corrected chi connectivity index (χ0v) is 18.0. The minimum absolute atomic E-state index is 0.645. The third-order valence-corrected chi connectivity index (χ3v) is 5.59. The fourth-order valence-corrected chi connectivity index (χ4v) is 3.90. The molecule has 0 aliphatic carbocycles. The van der Waals surface area contributed by atoms with Gasteiger partial charge in [-0.3, -0.25) is 4.40 Å². The van der Waals surface area contributed by atoms with Gasteiger partial charge in [0, 0.05) is 25.1 Å². The van der Waals surface area contributed by atoms with Gasteiger partial charge in [0.2, 0.25) is 0 Å². The topological polar surface area (TPSA) is 56.4 Å². The molecular formula is C25H27N5. The molecule has 0 spiro atoms. The molecule has 2 aromatic heterocycles. The van der Waals surface area contributed by atoms with Crippen LogP contribution in [0.2, 0.25) is 0 Å². The van der Waals surface area contributed by atoms with Crippen molar-refractivity contribution in [3.8, 4) is 6.07 Å². The Morgan fingerprint density at radius 1 is 1.07 bits per heavy atom. The Bertz CT molecular complexity index is 1240. The van der Waals surface area contributed by atoms with Gasteiger partial charge >= 0.3 is 0 Å². The first-order chi connectivity index (χ1) is 14.5. The fourth-order valence-electron chi connectivity index (χ4n) is 3.90. The number of rotatable bonds is 6. The molecule has 0 unspecified atom stereocenters. The zero-order valence-electron chi connectivity index (χ0n) is 18.0. The normalized spacial score (nSPS) is 11.3. The number of fused-ring (bicyclic) bond motifs is 3. The second kappa shape index (κ2) is 8.17. The van der Waals surface area contributed by atoms with Crippen LogP contribution in [0, 0.1) is 25.2 Å². The molecule has 0 radical (unpaired) electrons. The molecule has 4 aromatic rings. The smallest absolute Gasteiger partial charge is 0.157 e. The van der Waals surface area contributed by atoms with E-state index in [9.17, 15) is 5.26 Å². The molecular weight excluding hydrogens is 370 g/mol.